The first kappa shape index (κ1) is 18.1. The van der Waals surface area contributed by atoms with E-state index in [9.17, 15) is 0 Å². The van der Waals surface area contributed by atoms with Crippen molar-refractivity contribution in [3.63, 3.8) is 0 Å². The second-order valence-corrected chi connectivity index (χ2v) is 7.26. The van der Waals surface area contributed by atoms with Crippen LogP contribution < -0.4 is 10.5 Å². The summed E-state index contributed by atoms with van der Waals surface area (Å²) in [7, 11) is 0. The van der Waals surface area contributed by atoms with Crippen molar-refractivity contribution >= 4 is 39.4 Å². The molecule has 6 nitrogen and oxygen atoms in total. The number of aromatic nitrogens is 3. The molecule has 0 saturated heterocycles. The first-order valence-corrected chi connectivity index (χ1v) is 9.61. The summed E-state index contributed by atoms with van der Waals surface area (Å²) < 4.78 is 6.07. The predicted molar refractivity (Wildman–Crippen MR) is 119 cm³/mol. The highest BCUT2D eigenvalue weighted by Crippen LogP contribution is 2.31. The molecule has 0 aliphatic carbocycles. The molecule has 7 heteroatoms. The van der Waals surface area contributed by atoms with Crippen LogP contribution in [0.3, 0.4) is 0 Å². The summed E-state index contributed by atoms with van der Waals surface area (Å²) in [4.78, 5) is 12.2. The van der Waals surface area contributed by atoms with E-state index in [1.165, 1.54) is 0 Å². The third-order valence-corrected chi connectivity index (χ3v) is 5.05. The molecule has 4 N–H and O–H groups in total. The first-order chi connectivity index (χ1) is 14.6. The van der Waals surface area contributed by atoms with Crippen LogP contribution in [-0.2, 0) is 0 Å². The van der Waals surface area contributed by atoms with E-state index >= 15 is 0 Å². The summed E-state index contributed by atoms with van der Waals surface area (Å²) in [5.41, 5.74) is 9.59. The number of imidazole rings is 1. The number of hydrogen-bond acceptors (Lipinski definition) is 4. The number of H-pyrrole nitrogens is 1. The molecule has 0 aliphatic heterocycles. The summed E-state index contributed by atoms with van der Waals surface area (Å²) in [6, 6.07) is 20.5. The van der Waals surface area contributed by atoms with Gasteiger partial charge in [-0.2, -0.15) is 0 Å². The van der Waals surface area contributed by atoms with Gasteiger partial charge in [0, 0.05) is 27.7 Å². The van der Waals surface area contributed by atoms with Crippen LogP contribution in [0.5, 0.6) is 11.5 Å². The van der Waals surface area contributed by atoms with Gasteiger partial charge in [-0.1, -0.05) is 11.6 Å². The number of aromatic amines is 1. The Labute approximate surface area is 176 Å². The minimum atomic E-state index is 0.0282. The van der Waals surface area contributed by atoms with Crippen LogP contribution in [0.4, 0.5) is 0 Å². The zero-order chi connectivity index (χ0) is 20.7. The number of nitrogens with zero attached hydrogens (tertiary/aromatic N) is 2. The Balaban J connectivity index is 1.43. The van der Waals surface area contributed by atoms with Crippen molar-refractivity contribution in [2.24, 2.45) is 5.73 Å². The van der Waals surface area contributed by atoms with Gasteiger partial charge in [-0.05, 0) is 66.7 Å². The third kappa shape index (κ3) is 3.33. The Hall–Kier alpha value is -3.90. The highest BCUT2D eigenvalue weighted by Gasteiger charge is 2.09. The average molecular weight is 414 g/mol. The maximum atomic E-state index is 7.58. The van der Waals surface area contributed by atoms with Gasteiger partial charge in [0.15, 0.2) is 0 Å². The van der Waals surface area contributed by atoms with Crippen molar-refractivity contribution < 1.29 is 4.74 Å². The SMILES string of the molecule is N=C(N)c1ccc2nc(-c3ccc(Oc4ccnc5cc(Cl)ccc45)cc3)[nH]c2c1. The lowest BCUT2D eigenvalue weighted by Crippen LogP contribution is -2.10. The van der Waals surface area contributed by atoms with E-state index in [-0.39, 0.29) is 5.84 Å². The molecule has 0 fully saturated rings. The van der Waals surface area contributed by atoms with Crippen LogP contribution in [0.15, 0.2) is 72.9 Å². The number of fused-ring (bicyclic) bond motifs is 2. The molecule has 0 unspecified atom stereocenters. The predicted octanol–water partition coefficient (Wildman–Crippen LogP) is 5.51. The Morgan fingerprint density at radius 1 is 0.967 bits per heavy atom. The number of hydrogen-bond donors (Lipinski definition) is 3. The summed E-state index contributed by atoms with van der Waals surface area (Å²) >= 11 is 6.05. The first-order valence-electron chi connectivity index (χ1n) is 9.23. The third-order valence-electron chi connectivity index (χ3n) is 4.81. The lowest BCUT2D eigenvalue weighted by atomic mass is 10.2. The monoisotopic (exact) mass is 413 g/mol. The molecule has 0 radical (unpaired) electrons. The van der Waals surface area contributed by atoms with E-state index in [1.807, 2.05) is 60.7 Å². The maximum Gasteiger partial charge on any atom is 0.138 e. The number of nitrogens with one attached hydrogen (secondary N) is 2. The molecule has 0 atom stereocenters. The van der Waals surface area contributed by atoms with Crippen LogP contribution >= 0.6 is 11.6 Å². The minimum absolute atomic E-state index is 0.0282. The molecule has 5 aromatic rings. The van der Waals surface area contributed by atoms with Crippen molar-refractivity contribution in [3.8, 4) is 22.9 Å². The summed E-state index contributed by atoms with van der Waals surface area (Å²) in [6.45, 7) is 0. The van der Waals surface area contributed by atoms with E-state index in [0.717, 1.165) is 33.3 Å². The van der Waals surface area contributed by atoms with Gasteiger partial charge >= 0.3 is 0 Å². The van der Waals surface area contributed by atoms with Gasteiger partial charge in [0.1, 0.15) is 23.2 Å². The Morgan fingerprint density at radius 2 is 1.80 bits per heavy atom. The van der Waals surface area contributed by atoms with Crippen LogP contribution in [0.25, 0.3) is 33.3 Å². The van der Waals surface area contributed by atoms with Gasteiger partial charge in [-0.15, -0.1) is 0 Å². The molecule has 0 aliphatic rings. The van der Waals surface area contributed by atoms with Gasteiger partial charge in [-0.25, -0.2) is 4.98 Å². The Kier molecular flexibility index (Phi) is 4.34. The number of rotatable bonds is 4. The highest BCUT2D eigenvalue weighted by molar-refractivity contribution is 6.31. The molecule has 0 saturated carbocycles. The van der Waals surface area contributed by atoms with E-state index in [1.54, 1.807) is 12.3 Å². The maximum absolute atomic E-state index is 7.58. The molecule has 30 heavy (non-hydrogen) atoms. The van der Waals surface area contributed by atoms with Gasteiger partial charge in [0.2, 0.25) is 0 Å². The molecule has 146 valence electrons. The van der Waals surface area contributed by atoms with Crippen molar-refractivity contribution in [3.05, 3.63) is 83.5 Å². The van der Waals surface area contributed by atoms with E-state index in [2.05, 4.69) is 15.0 Å². The lowest BCUT2D eigenvalue weighted by Gasteiger charge is -2.09. The fourth-order valence-corrected chi connectivity index (χ4v) is 3.47. The largest absolute Gasteiger partial charge is 0.457 e. The number of ether oxygens (including phenoxy) is 1. The summed E-state index contributed by atoms with van der Waals surface area (Å²) in [5.74, 6) is 2.18. The van der Waals surface area contributed by atoms with Crippen molar-refractivity contribution in [2.75, 3.05) is 0 Å². The standard InChI is InChI=1S/C23H16ClN5O/c24-15-4-7-17-19(12-15)27-10-9-21(17)30-16-5-1-13(2-6-16)23-28-18-8-3-14(22(25)26)11-20(18)29-23/h1-12H,(H3,25,26)(H,28,29). The molecule has 0 amide bonds. The fraction of sp³-hybridized carbons (Fsp3) is 0. The zero-order valence-corrected chi connectivity index (χ0v) is 16.4. The number of amidine groups is 1. The highest BCUT2D eigenvalue weighted by atomic mass is 35.5. The molecule has 2 heterocycles. The number of pyridine rings is 1. The second-order valence-electron chi connectivity index (χ2n) is 6.83. The van der Waals surface area contributed by atoms with Crippen LogP contribution in [0, 0.1) is 5.41 Å². The van der Waals surface area contributed by atoms with Gasteiger partial charge in [0.25, 0.3) is 0 Å². The minimum Gasteiger partial charge on any atom is -0.457 e. The van der Waals surface area contributed by atoms with Gasteiger partial charge < -0.3 is 15.5 Å². The molecule has 0 bridgehead atoms. The van der Waals surface area contributed by atoms with Crippen LogP contribution in [0.1, 0.15) is 5.56 Å². The molecule has 2 aromatic heterocycles. The molecule has 0 spiro atoms. The number of nitrogens with two attached hydrogens (primary N) is 1. The Bertz CT molecular complexity index is 1410. The lowest BCUT2D eigenvalue weighted by molar-refractivity contribution is 0.488. The summed E-state index contributed by atoms with van der Waals surface area (Å²) in [6.07, 6.45) is 1.70. The summed E-state index contributed by atoms with van der Waals surface area (Å²) in [5, 5.41) is 9.11. The van der Waals surface area contributed by atoms with Gasteiger partial charge in [0.05, 0.1) is 16.6 Å². The quantitative estimate of drug-likeness (QED) is 0.267. The number of halogens is 1. The molecular weight excluding hydrogens is 398 g/mol. The molecule has 3 aromatic carbocycles. The van der Waals surface area contributed by atoms with E-state index in [0.29, 0.717) is 22.1 Å². The average Bonchev–Trinajstić information content (AvgIpc) is 3.17. The van der Waals surface area contributed by atoms with E-state index < -0.39 is 0 Å². The molecule has 5 rings (SSSR count). The second kappa shape index (κ2) is 7.17. The fourth-order valence-electron chi connectivity index (χ4n) is 3.31. The zero-order valence-electron chi connectivity index (χ0n) is 15.7. The molecular formula is C23H16ClN5O. The van der Waals surface area contributed by atoms with Crippen LogP contribution in [0.2, 0.25) is 5.02 Å². The topological polar surface area (TPSA) is 101 Å². The van der Waals surface area contributed by atoms with Crippen molar-refractivity contribution in [2.45, 2.75) is 0 Å². The van der Waals surface area contributed by atoms with E-state index in [4.69, 9.17) is 27.5 Å². The Morgan fingerprint density at radius 3 is 2.60 bits per heavy atom. The number of benzene rings is 3. The van der Waals surface area contributed by atoms with Gasteiger partial charge in [-0.3, -0.25) is 10.4 Å². The van der Waals surface area contributed by atoms with Crippen molar-refractivity contribution in [1.82, 2.24) is 15.0 Å². The number of nitrogen functional groups attached to an aromatic ring is 1. The smallest absolute Gasteiger partial charge is 0.138 e. The van der Waals surface area contributed by atoms with Crippen molar-refractivity contribution in [1.29, 1.82) is 5.41 Å². The normalized spacial score (nSPS) is 11.1. The van der Waals surface area contributed by atoms with Crippen LogP contribution in [-0.4, -0.2) is 20.8 Å².